The van der Waals surface area contributed by atoms with Gasteiger partial charge in [-0.15, -0.1) is 0 Å². The van der Waals surface area contributed by atoms with Crippen LogP contribution in [-0.2, 0) is 11.8 Å². The molecule has 0 amide bonds. The minimum Gasteiger partial charge on any atom is -0.376 e. The molecule has 3 aromatic rings. The van der Waals surface area contributed by atoms with Crippen LogP contribution in [0.25, 0.3) is 11.0 Å². The molecule has 1 atom stereocenters. The first-order valence-electron chi connectivity index (χ1n) is 8.50. The molecule has 1 aromatic carbocycles. The summed E-state index contributed by atoms with van der Waals surface area (Å²) >= 11 is 5.82. The molecule has 6 nitrogen and oxygen atoms in total. The number of ether oxygens (including phenoxy) is 1. The Hall–Kier alpha value is -2.38. The smallest absolute Gasteiger partial charge is 0.203 e. The summed E-state index contributed by atoms with van der Waals surface area (Å²) in [6.45, 7) is 1.57. The SMILES string of the molecule is Cn1c(NCC2CCCO2)nc2cnc(Nc3ccc(F)c(Cl)c3)cc21. The molecule has 0 spiro atoms. The molecule has 0 aliphatic carbocycles. The van der Waals surface area contributed by atoms with Gasteiger partial charge in [-0.3, -0.25) is 0 Å². The van der Waals surface area contributed by atoms with Gasteiger partial charge in [0, 0.05) is 32.0 Å². The number of pyridine rings is 1. The summed E-state index contributed by atoms with van der Waals surface area (Å²) in [5, 5.41) is 6.55. The Morgan fingerprint density at radius 2 is 2.27 bits per heavy atom. The zero-order chi connectivity index (χ0) is 18.1. The number of aryl methyl sites for hydroxylation is 1. The van der Waals surface area contributed by atoms with Gasteiger partial charge in [-0.05, 0) is 31.0 Å². The quantitative estimate of drug-likeness (QED) is 0.703. The number of hydrogen-bond acceptors (Lipinski definition) is 5. The third kappa shape index (κ3) is 3.45. The topological polar surface area (TPSA) is 64.0 Å². The Morgan fingerprint density at radius 1 is 1.38 bits per heavy atom. The number of imidazole rings is 1. The second-order valence-electron chi connectivity index (χ2n) is 6.32. The van der Waals surface area contributed by atoms with Gasteiger partial charge in [-0.25, -0.2) is 14.4 Å². The van der Waals surface area contributed by atoms with Crippen LogP contribution in [-0.4, -0.2) is 33.8 Å². The van der Waals surface area contributed by atoms with E-state index in [-0.39, 0.29) is 11.1 Å². The highest BCUT2D eigenvalue weighted by Gasteiger charge is 2.16. The van der Waals surface area contributed by atoms with E-state index in [1.165, 1.54) is 12.1 Å². The van der Waals surface area contributed by atoms with Crippen molar-refractivity contribution in [3.8, 4) is 0 Å². The van der Waals surface area contributed by atoms with E-state index < -0.39 is 5.82 Å². The van der Waals surface area contributed by atoms with Crippen molar-refractivity contribution >= 4 is 40.1 Å². The fraction of sp³-hybridized carbons (Fsp3) is 0.333. The molecule has 0 saturated carbocycles. The largest absolute Gasteiger partial charge is 0.376 e. The predicted octanol–water partition coefficient (Wildman–Crippen LogP) is 4.10. The van der Waals surface area contributed by atoms with Crippen molar-refractivity contribution in [1.82, 2.24) is 14.5 Å². The van der Waals surface area contributed by atoms with Gasteiger partial charge in [-0.2, -0.15) is 0 Å². The lowest BCUT2D eigenvalue weighted by Gasteiger charge is -2.11. The number of rotatable bonds is 5. The van der Waals surface area contributed by atoms with Crippen molar-refractivity contribution in [1.29, 1.82) is 0 Å². The minimum atomic E-state index is -0.450. The van der Waals surface area contributed by atoms with Crippen molar-refractivity contribution in [3.63, 3.8) is 0 Å². The molecule has 0 bridgehead atoms. The van der Waals surface area contributed by atoms with Crippen LogP contribution in [0.2, 0.25) is 5.02 Å². The van der Waals surface area contributed by atoms with Crippen LogP contribution >= 0.6 is 11.6 Å². The average Bonchev–Trinajstić information content (AvgIpc) is 3.25. The second-order valence-corrected chi connectivity index (χ2v) is 6.73. The number of nitrogens with zero attached hydrogens (tertiary/aromatic N) is 3. The first kappa shape index (κ1) is 17.1. The Bertz CT molecular complexity index is 939. The van der Waals surface area contributed by atoms with Crippen molar-refractivity contribution in [2.75, 3.05) is 23.8 Å². The van der Waals surface area contributed by atoms with Gasteiger partial charge in [0.25, 0.3) is 0 Å². The average molecular weight is 376 g/mol. The molecule has 26 heavy (non-hydrogen) atoms. The van der Waals surface area contributed by atoms with Crippen molar-refractivity contribution in [2.24, 2.45) is 7.05 Å². The third-order valence-electron chi connectivity index (χ3n) is 4.47. The zero-order valence-electron chi connectivity index (χ0n) is 14.3. The second kappa shape index (κ2) is 7.09. The maximum absolute atomic E-state index is 13.3. The highest BCUT2D eigenvalue weighted by molar-refractivity contribution is 6.31. The molecule has 1 saturated heterocycles. The van der Waals surface area contributed by atoms with Crippen LogP contribution in [0, 0.1) is 5.82 Å². The monoisotopic (exact) mass is 375 g/mol. The van der Waals surface area contributed by atoms with E-state index >= 15 is 0 Å². The van der Waals surface area contributed by atoms with E-state index in [4.69, 9.17) is 16.3 Å². The third-order valence-corrected chi connectivity index (χ3v) is 4.76. The standard InChI is InChI=1S/C18H19ClFN5O/c1-25-16-8-17(23-11-4-5-14(20)13(19)7-11)21-10-15(16)24-18(25)22-9-12-3-2-6-26-12/h4-5,7-8,10,12H,2-3,6,9H2,1H3,(H,21,23)(H,22,24). The van der Waals surface area contributed by atoms with E-state index in [0.717, 1.165) is 43.0 Å². The highest BCUT2D eigenvalue weighted by atomic mass is 35.5. The van der Waals surface area contributed by atoms with Crippen LogP contribution in [0.15, 0.2) is 30.5 Å². The maximum Gasteiger partial charge on any atom is 0.203 e. The Labute approximate surface area is 155 Å². The van der Waals surface area contributed by atoms with Gasteiger partial charge >= 0.3 is 0 Å². The summed E-state index contributed by atoms with van der Waals surface area (Å²) in [6, 6.07) is 6.36. The van der Waals surface area contributed by atoms with E-state index in [9.17, 15) is 4.39 Å². The molecule has 0 radical (unpaired) electrons. The number of halogens is 2. The maximum atomic E-state index is 13.3. The van der Waals surface area contributed by atoms with Gasteiger partial charge in [0.05, 0.1) is 22.8 Å². The molecule has 1 aliphatic heterocycles. The Morgan fingerprint density at radius 3 is 3.04 bits per heavy atom. The van der Waals surface area contributed by atoms with Crippen LogP contribution < -0.4 is 10.6 Å². The van der Waals surface area contributed by atoms with Gasteiger partial charge in [-0.1, -0.05) is 11.6 Å². The number of aromatic nitrogens is 3. The van der Waals surface area contributed by atoms with Crippen molar-refractivity contribution in [2.45, 2.75) is 18.9 Å². The van der Waals surface area contributed by atoms with Crippen molar-refractivity contribution < 1.29 is 9.13 Å². The van der Waals surface area contributed by atoms with Crippen molar-refractivity contribution in [3.05, 3.63) is 41.3 Å². The fourth-order valence-electron chi connectivity index (χ4n) is 3.05. The Balaban J connectivity index is 1.54. The van der Waals surface area contributed by atoms with Crippen LogP contribution in [0.1, 0.15) is 12.8 Å². The lowest BCUT2D eigenvalue weighted by atomic mass is 10.2. The molecule has 1 fully saturated rings. The van der Waals surface area contributed by atoms with E-state index in [1.807, 2.05) is 17.7 Å². The molecule has 1 unspecified atom stereocenters. The summed E-state index contributed by atoms with van der Waals surface area (Å²) in [4.78, 5) is 8.95. The molecule has 136 valence electrons. The van der Waals surface area contributed by atoms with E-state index in [1.54, 1.807) is 12.3 Å². The van der Waals surface area contributed by atoms with Gasteiger partial charge in [0.2, 0.25) is 5.95 Å². The van der Waals surface area contributed by atoms with Crippen LogP contribution in [0.5, 0.6) is 0 Å². The number of hydrogen-bond donors (Lipinski definition) is 2. The first-order valence-corrected chi connectivity index (χ1v) is 8.88. The normalized spacial score (nSPS) is 17.0. The van der Waals surface area contributed by atoms with Crippen LogP contribution in [0.3, 0.4) is 0 Å². The summed E-state index contributed by atoms with van der Waals surface area (Å²) in [5.74, 6) is 0.961. The molecule has 2 aromatic heterocycles. The minimum absolute atomic E-state index is 0.0669. The van der Waals surface area contributed by atoms with Gasteiger partial charge < -0.3 is 19.9 Å². The van der Waals surface area contributed by atoms with Gasteiger partial charge in [0.15, 0.2) is 0 Å². The lowest BCUT2D eigenvalue weighted by Crippen LogP contribution is -2.20. The summed E-state index contributed by atoms with van der Waals surface area (Å²) in [6.07, 6.45) is 4.14. The highest BCUT2D eigenvalue weighted by Crippen LogP contribution is 2.25. The van der Waals surface area contributed by atoms with Gasteiger partial charge in [0.1, 0.15) is 17.2 Å². The van der Waals surface area contributed by atoms with Crippen LogP contribution in [0.4, 0.5) is 21.8 Å². The number of anilines is 3. The number of nitrogens with one attached hydrogen (secondary N) is 2. The van der Waals surface area contributed by atoms with E-state index in [0.29, 0.717) is 11.5 Å². The predicted molar refractivity (Wildman–Crippen MR) is 101 cm³/mol. The molecular formula is C18H19ClFN5O. The molecule has 3 heterocycles. The lowest BCUT2D eigenvalue weighted by molar-refractivity contribution is 0.120. The Kier molecular flexibility index (Phi) is 4.65. The molecular weight excluding hydrogens is 357 g/mol. The first-order chi connectivity index (χ1) is 12.6. The number of benzene rings is 1. The number of fused-ring (bicyclic) bond motifs is 1. The zero-order valence-corrected chi connectivity index (χ0v) is 15.1. The summed E-state index contributed by atoms with van der Waals surface area (Å²) in [5.41, 5.74) is 2.40. The molecule has 4 rings (SSSR count). The van der Waals surface area contributed by atoms with E-state index in [2.05, 4.69) is 20.6 Å². The summed E-state index contributed by atoms with van der Waals surface area (Å²) < 4.78 is 20.9. The molecule has 8 heteroatoms. The molecule has 1 aliphatic rings. The fourth-order valence-corrected chi connectivity index (χ4v) is 3.23. The summed E-state index contributed by atoms with van der Waals surface area (Å²) in [7, 11) is 1.95. The molecule has 2 N–H and O–H groups in total.